The van der Waals surface area contributed by atoms with Crippen molar-refractivity contribution in [1.82, 2.24) is 0 Å². The summed E-state index contributed by atoms with van der Waals surface area (Å²) in [6, 6.07) is 0. The molecule has 0 aromatic heterocycles. The molecule has 2 fully saturated rings. The van der Waals surface area contributed by atoms with E-state index in [1.54, 1.807) is 0 Å². The maximum atomic E-state index is 10.4. The Morgan fingerprint density at radius 1 is 1.14 bits per heavy atom. The van der Waals surface area contributed by atoms with Crippen molar-refractivity contribution in [3.8, 4) is 0 Å². The molecule has 0 aromatic rings. The third-order valence-electron chi connectivity index (χ3n) is 10.5. The fraction of sp³-hybridized carbons (Fsp3) is 0.857. The van der Waals surface area contributed by atoms with Crippen molar-refractivity contribution in [3.63, 3.8) is 0 Å². The summed E-state index contributed by atoms with van der Waals surface area (Å²) in [5.41, 5.74) is 6.13. The van der Waals surface area contributed by atoms with Gasteiger partial charge >= 0.3 is 0 Å². The fourth-order valence-corrected chi connectivity index (χ4v) is 8.69. The maximum absolute atomic E-state index is 10.4. The first-order valence-corrected chi connectivity index (χ1v) is 12.7. The van der Waals surface area contributed by atoms with E-state index >= 15 is 0 Å². The van der Waals surface area contributed by atoms with E-state index in [1.807, 2.05) is 11.1 Å². The number of aliphatic hydroxyl groups excluding tert-OH is 1. The molecule has 29 heavy (non-hydrogen) atoms. The van der Waals surface area contributed by atoms with E-state index in [-0.39, 0.29) is 6.10 Å². The Morgan fingerprint density at radius 3 is 2.62 bits per heavy atom. The second kappa shape index (κ2) is 7.85. The van der Waals surface area contributed by atoms with Crippen LogP contribution in [0.3, 0.4) is 0 Å². The average Bonchev–Trinajstić information content (AvgIpc) is 3.00. The van der Waals surface area contributed by atoms with E-state index < -0.39 is 0 Å². The first-order valence-electron chi connectivity index (χ1n) is 12.7. The molecule has 0 heterocycles. The second-order valence-corrected chi connectivity index (χ2v) is 12.1. The summed E-state index contributed by atoms with van der Waals surface area (Å²) in [6.45, 7) is 14.7. The van der Waals surface area contributed by atoms with Crippen molar-refractivity contribution >= 4 is 0 Å². The lowest BCUT2D eigenvalue weighted by molar-refractivity contribution is -0.0239. The van der Waals surface area contributed by atoms with Crippen LogP contribution in [-0.2, 0) is 0 Å². The number of hydrogen-bond acceptors (Lipinski definition) is 1. The summed E-state index contributed by atoms with van der Waals surface area (Å²) >= 11 is 0. The Morgan fingerprint density at radius 2 is 1.90 bits per heavy atom. The highest BCUT2D eigenvalue weighted by molar-refractivity contribution is 5.35. The lowest BCUT2D eigenvalue weighted by atomic mass is 9.48. The Hall–Kier alpha value is -0.560. The molecule has 0 radical (unpaired) electrons. The predicted octanol–water partition coefficient (Wildman–Crippen LogP) is 7.70. The minimum atomic E-state index is -0.0587. The molecule has 0 saturated heterocycles. The highest BCUT2D eigenvalue weighted by atomic mass is 16.3. The van der Waals surface area contributed by atoms with Gasteiger partial charge in [0.25, 0.3) is 0 Å². The molecule has 4 rings (SSSR count). The van der Waals surface area contributed by atoms with E-state index in [1.165, 1.54) is 56.9 Å². The Kier molecular flexibility index (Phi) is 5.86. The van der Waals surface area contributed by atoms with Crippen LogP contribution in [0.5, 0.6) is 0 Å². The average molecular weight is 399 g/mol. The Balaban J connectivity index is 1.58. The molecule has 1 nitrogen and oxygen atoms in total. The number of aliphatic hydroxyl groups is 1. The van der Waals surface area contributed by atoms with E-state index in [0.717, 1.165) is 30.6 Å². The van der Waals surface area contributed by atoms with Gasteiger partial charge in [0.05, 0.1) is 6.10 Å². The van der Waals surface area contributed by atoms with Gasteiger partial charge in [-0.15, -0.1) is 0 Å². The van der Waals surface area contributed by atoms with Gasteiger partial charge in [0.15, 0.2) is 0 Å². The summed E-state index contributed by atoms with van der Waals surface area (Å²) in [6.07, 6.45) is 15.3. The first kappa shape index (κ1) is 21.7. The lowest BCUT2D eigenvalue weighted by Crippen LogP contribution is -2.49. The molecule has 1 N–H and O–H groups in total. The number of fused-ring (bicyclic) bond motifs is 4. The molecule has 0 aliphatic heterocycles. The van der Waals surface area contributed by atoms with Crippen LogP contribution in [0.4, 0.5) is 0 Å². The van der Waals surface area contributed by atoms with E-state index in [2.05, 4.69) is 47.6 Å². The minimum absolute atomic E-state index is 0.0587. The predicted molar refractivity (Wildman–Crippen MR) is 124 cm³/mol. The van der Waals surface area contributed by atoms with Gasteiger partial charge in [-0.05, 0) is 118 Å². The third-order valence-corrected chi connectivity index (χ3v) is 10.5. The fourth-order valence-electron chi connectivity index (χ4n) is 8.69. The lowest BCUT2D eigenvalue weighted by Gasteiger charge is -2.57. The van der Waals surface area contributed by atoms with Gasteiger partial charge in [0, 0.05) is 0 Å². The van der Waals surface area contributed by atoms with E-state index in [9.17, 15) is 5.11 Å². The molecule has 0 aromatic carbocycles. The largest absolute Gasteiger partial charge is 0.393 e. The topological polar surface area (TPSA) is 20.2 Å². The SMILES string of the molecule is CC(C)=CCC[C@@H](C)[C@H]1CC[C@H]2C3=C(CC[C@]12C)[C@@]1(C)C(C)C[C@H](O)C[C@@H]1CC3. The van der Waals surface area contributed by atoms with Crippen molar-refractivity contribution in [2.75, 3.05) is 0 Å². The minimum Gasteiger partial charge on any atom is -0.393 e. The molecule has 1 unspecified atom stereocenters. The Labute approximate surface area is 180 Å². The normalized spacial score (nSPS) is 45.3. The van der Waals surface area contributed by atoms with Gasteiger partial charge in [-0.3, -0.25) is 0 Å². The van der Waals surface area contributed by atoms with E-state index in [4.69, 9.17) is 0 Å². The van der Waals surface area contributed by atoms with Gasteiger partial charge in [-0.25, -0.2) is 0 Å². The van der Waals surface area contributed by atoms with Crippen LogP contribution in [-0.4, -0.2) is 11.2 Å². The quantitative estimate of drug-likeness (QED) is 0.481. The van der Waals surface area contributed by atoms with Crippen LogP contribution >= 0.6 is 0 Å². The van der Waals surface area contributed by atoms with Gasteiger partial charge in [-0.1, -0.05) is 50.5 Å². The van der Waals surface area contributed by atoms with Crippen LogP contribution in [0.25, 0.3) is 0 Å². The summed E-state index contributed by atoms with van der Waals surface area (Å²) < 4.78 is 0. The number of hydrogen-bond donors (Lipinski definition) is 1. The third kappa shape index (κ3) is 3.48. The first-order chi connectivity index (χ1) is 13.7. The van der Waals surface area contributed by atoms with Gasteiger partial charge in [-0.2, -0.15) is 0 Å². The van der Waals surface area contributed by atoms with Crippen molar-refractivity contribution in [1.29, 1.82) is 0 Å². The zero-order chi connectivity index (χ0) is 21.0. The number of allylic oxidation sites excluding steroid dienone is 4. The van der Waals surface area contributed by atoms with Crippen LogP contribution < -0.4 is 0 Å². The zero-order valence-corrected chi connectivity index (χ0v) is 20.1. The molecule has 2 saturated carbocycles. The Bertz CT molecular complexity index is 682. The van der Waals surface area contributed by atoms with E-state index in [0.29, 0.717) is 22.7 Å². The van der Waals surface area contributed by atoms with Crippen molar-refractivity contribution in [2.45, 2.75) is 112 Å². The molecule has 4 aliphatic rings. The van der Waals surface area contributed by atoms with Gasteiger partial charge in [0.2, 0.25) is 0 Å². The highest BCUT2D eigenvalue weighted by Crippen LogP contribution is 2.66. The second-order valence-electron chi connectivity index (χ2n) is 12.1. The maximum Gasteiger partial charge on any atom is 0.0546 e. The molecule has 4 aliphatic carbocycles. The number of rotatable bonds is 4. The molecule has 0 bridgehead atoms. The molecular weight excluding hydrogens is 352 g/mol. The van der Waals surface area contributed by atoms with Gasteiger partial charge < -0.3 is 5.11 Å². The summed E-state index contributed by atoms with van der Waals surface area (Å²) in [7, 11) is 0. The molecular formula is C28H46O. The van der Waals surface area contributed by atoms with Crippen molar-refractivity contribution in [2.24, 2.45) is 40.4 Å². The molecule has 164 valence electrons. The summed E-state index contributed by atoms with van der Waals surface area (Å²) in [5.74, 6) is 3.94. The van der Waals surface area contributed by atoms with Crippen LogP contribution in [0.15, 0.2) is 22.8 Å². The summed E-state index contributed by atoms with van der Waals surface area (Å²) in [4.78, 5) is 0. The standard InChI is InChI=1S/C28H46O/c1-18(2)8-7-9-19(3)24-12-13-25-23-11-10-21-17-22(29)16-20(4)28(21,6)26(23)14-15-27(24,25)5/h8,19-22,24-25,29H,7,9-17H2,1-6H3/t19-,20?,21+,22+,24-,25+,27-,28+/m1/s1. The smallest absolute Gasteiger partial charge is 0.0546 e. The van der Waals surface area contributed by atoms with Gasteiger partial charge in [0.1, 0.15) is 0 Å². The van der Waals surface area contributed by atoms with Crippen LogP contribution in [0, 0.1) is 40.4 Å². The molecule has 1 heteroatoms. The molecule has 8 atom stereocenters. The highest BCUT2D eigenvalue weighted by Gasteiger charge is 2.57. The van der Waals surface area contributed by atoms with Crippen LogP contribution in [0.2, 0.25) is 0 Å². The zero-order valence-electron chi connectivity index (χ0n) is 20.1. The monoisotopic (exact) mass is 398 g/mol. The molecule has 0 amide bonds. The van der Waals surface area contributed by atoms with Crippen molar-refractivity contribution in [3.05, 3.63) is 22.8 Å². The summed E-state index contributed by atoms with van der Waals surface area (Å²) in [5, 5.41) is 10.4. The van der Waals surface area contributed by atoms with Crippen LogP contribution in [0.1, 0.15) is 106 Å². The van der Waals surface area contributed by atoms with Crippen molar-refractivity contribution < 1.29 is 5.11 Å². The molecule has 0 spiro atoms.